The van der Waals surface area contributed by atoms with E-state index in [1.807, 2.05) is 36.5 Å². The lowest BCUT2D eigenvalue weighted by atomic mass is 9.97. The van der Waals surface area contributed by atoms with Crippen LogP contribution in [0.4, 0.5) is 10.1 Å². The molecule has 5 aromatic rings. The first-order valence-electron chi connectivity index (χ1n) is 11.1. The third kappa shape index (κ3) is 3.82. The molecule has 0 saturated carbocycles. The van der Waals surface area contributed by atoms with Crippen molar-refractivity contribution in [1.29, 1.82) is 0 Å². The molecule has 1 amide bonds. The van der Waals surface area contributed by atoms with Crippen molar-refractivity contribution in [2.75, 3.05) is 11.4 Å². The van der Waals surface area contributed by atoms with Crippen LogP contribution in [0.2, 0.25) is 5.02 Å². The normalized spacial score (nSPS) is 12.7. The van der Waals surface area contributed by atoms with Crippen LogP contribution in [0.3, 0.4) is 0 Å². The van der Waals surface area contributed by atoms with Gasteiger partial charge in [0.25, 0.3) is 0 Å². The van der Waals surface area contributed by atoms with Crippen LogP contribution < -0.4 is 4.90 Å². The molecule has 4 heterocycles. The summed E-state index contributed by atoms with van der Waals surface area (Å²) in [5, 5.41) is 1.27. The smallest absolute Gasteiger partial charge is 0.214 e. The van der Waals surface area contributed by atoms with Crippen LogP contribution in [0.1, 0.15) is 5.56 Å². The zero-order chi connectivity index (χ0) is 23.9. The van der Waals surface area contributed by atoms with Gasteiger partial charge in [0, 0.05) is 57.9 Å². The van der Waals surface area contributed by atoms with Crippen LogP contribution in [0.15, 0.2) is 79.3 Å². The van der Waals surface area contributed by atoms with Crippen molar-refractivity contribution >= 4 is 34.7 Å². The second kappa shape index (κ2) is 8.56. The van der Waals surface area contributed by atoms with Crippen LogP contribution >= 0.6 is 11.6 Å². The molecular formula is C28H18ClFN4O. The van der Waals surface area contributed by atoms with Crippen molar-refractivity contribution in [2.24, 2.45) is 0 Å². The van der Waals surface area contributed by atoms with Crippen molar-refractivity contribution in [3.05, 3.63) is 95.7 Å². The fourth-order valence-electron chi connectivity index (χ4n) is 4.59. The molecule has 7 heteroatoms. The van der Waals surface area contributed by atoms with Gasteiger partial charge in [-0.1, -0.05) is 17.7 Å². The number of carbonyl (C=O) groups is 1. The third-order valence-electron chi connectivity index (χ3n) is 6.31. The van der Waals surface area contributed by atoms with E-state index in [-0.39, 0.29) is 0 Å². The Morgan fingerprint density at radius 2 is 1.83 bits per heavy atom. The summed E-state index contributed by atoms with van der Waals surface area (Å²) in [4.78, 5) is 26.5. The van der Waals surface area contributed by atoms with Crippen molar-refractivity contribution in [3.63, 3.8) is 0 Å². The molecule has 3 aromatic heterocycles. The van der Waals surface area contributed by atoms with Crippen molar-refractivity contribution in [3.8, 4) is 33.5 Å². The molecule has 0 spiro atoms. The summed E-state index contributed by atoms with van der Waals surface area (Å²) in [6.07, 6.45) is 6.96. The van der Waals surface area contributed by atoms with Crippen LogP contribution in [0, 0.1) is 5.82 Å². The first-order valence-corrected chi connectivity index (χ1v) is 11.5. The van der Waals surface area contributed by atoms with Gasteiger partial charge in [0.1, 0.15) is 5.82 Å². The summed E-state index contributed by atoms with van der Waals surface area (Å²) in [5.41, 5.74) is 7.03. The van der Waals surface area contributed by atoms with Crippen molar-refractivity contribution in [1.82, 2.24) is 15.0 Å². The Morgan fingerprint density at radius 1 is 0.943 bits per heavy atom. The number of carbonyl (C=O) groups excluding carboxylic acids is 1. The first-order chi connectivity index (χ1) is 17.1. The highest BCUT2D eigenvalue weighted by Crippen LogP contribution is 2.36. The minimum atomic E-state index is -0.405. The minimum absolute atomic E-state index is 0.314. The van der Waals surface area contributed by atoms with Gasteiger partial charge in [-0.2, -0.15) is 0 Å². The largest absolute Gasteiger partial charge is 0.314 e. The molecular weight excluding hydrogens is 463 g/mol. The maximum atomic E-state index is 14.7. The van der Waals surface area contributed by atoms with Gasteiger partial charge in [-0.3, -0.25) is 9.78 Å². The van der Waals surface area contributed by atoms with E-state index in [2.05, 4.69) is 27.1 Å². The van der Waals surface area contributed by atoms with E-state index in [1.165, 1.54) is 12.1 Å². The topological polar surface area (TPSA) is 59.0 Å². The van der Waals surface area contributed by atoms with Crippen molar-refractivity contribution < 1.29 is 9.18 Å². The molecule has 0 bridgehead atoms. The van der Waals surface area contributed by atoms with Crippen molar-refractivity contribution in [2.45, 2.75) is 6.42 Å². The number of benzene rings is 2. The lowest BCUT2D eigenvalue weighted by Gasteiger charge is -2.13. The second-order valence-corrected chi connectivity index (χ2v) is 8.84. The van der Waals surface area contributed by atoms with Gasteiger partial charge in [-0.05, 0) is 77.7 Å². The van der Waals surface area contributed by atoms with Gasteiger partial charge in [0.05, 0.1) is 5.69 Å². The number of hydrogen-bond donors (Lipinski definition) is 0. The Morgan fingerprint density at radius 3 is 2.71 bits per heavy atom. The molecule has 0 fully saturated rings. The van der Waals surface area contributed by atoms with Crippen LogP contribution in [-0.2, 0) is 11.2 Å². The zero-order valence-corrected chi connectivity index (χ0v) is 19.2. The quantitative estimate of drug-likeness (QED) is 0.282. The molecule has 0 atom stereocenters. The molecule has 0 N–H and O–H groups in total. The number of pyridine rings is 3. The lowest BCUT2D eigenvalue weighted by Crippen LogP contribution is -2.17. The van der Waals surface area contributed by atoms with Gasteiger partial charge in [-0.25, -0.2) is 14.4 Å². The Hall–Kier alpha value is -4.16. The monoisotopic (exact) mass is 480 g/mol. The summed E-state index contributed by atoms with van der Waals surface area (Å²) < 4.78 is 14.7. The van der Waals surface area contributed by atoms with Crippen LogP contribution in [-0.4, -0.2) is 27.9 Å². The summed E-state index contributed by atoms with van der Waals surface area (Å²) >= 11 is 6.15. The number of fused-ring (bicyclic) bond motifs is 2. The fraction of sp³-hybridized carbons (Fsp3) is 0.0714. The molecule has 1 aliphatic rings. The minimum Gasteiger partial charge on any atom is -0.314 e. The maximum Gasteiger partial charge on any atom is 0.214 e. The highest BCUT2D eigenvalue weighted by molar-refractivity contribution is 6.30. The number of hydrogen-bond acceptors (Lipinski definition) is 4. The van der Waals surface area contributed by atoms with E-state index in [1.54, 1.807) is 23.4 Å². The van der Waals surface area contributed by atoms with Gasteiger partial charge in [0.15, 0.2) is 5.65 Å². The van der Waals surface area contributed by atoms with Gasteiger partial charge >= 0.3 is 0 Å². The molecule has 0 unspecified atom stereocenters. The van der Waals surface area contributed by atoms with E-state index < -0.39 is 5.82 Å². The van der Waals surface area contributed by atoms with Crippen LogP contribution in [0.5, 0.6) is 0 Å². The number of rotatable bonds is 4. The first kappa shape index (κ1) is 21.4. The predicted molar refractivity (Wildman–Crippen MR) is 136 cm³/mol. The molecule has 1 aliphatic heterocycles. The highest BCUT2D eigenvalue weighted by Gasteiger charge is 2.19. The predicted octanol–water partition coefficient (Wildman–Crippen LogP) is 6.34. The van der Waals surface area contributed by atoms with E-state index in [0.29, 0.717) is 28.5 Å². The average Bonchev–Trinajstić information content (AvgIpc) is 3.32. The summed E-state index contributed by atoms with van der Waals surface area (Å²) in [6.45, 7) is 0.694. The molecule has 0 saturated heterocycles. The van der Waals surface area contributed by atoms with E-state index in [9.17, 15) is 9.18 Å². The molecule has 0 aliphatic carbocycles. The Bertz CT molecular complexity index is 1620. The standard InChI is InChI=1S/C28H18ClFN4O/c29-21-4-5-25(30)24(12-21)26-13-23(22-2-1-8-32-28(22)33-26)20-11-19(14-31-15-20)17-3-6-27-18(10-17)7-9-34(27)16-35/h1-6,8,10-16H,7,9H2. The van der Waals surface area contributed by atoms with E-state index >= 15 is 0 Å². The van der Waals surface area contributed by atoms with Crippen LogP contribution in [0.25, 0.3) is 44.5 Å². The number of anilines is 1. The van der Waals surface area contributed by atoms with E-state index in [0.717, 1.165) is 51.7 Å². The molecule has 2 aromatic carbocycles. The van der Waals surface area contributed by atoms with Gasteiger partial charge in [-0.15, -0.1) is 0 Å². The lowest BCUT2D eigenvalue weighted by molar-refractivity contribution is -0.107. The fourth-order valence-corrected chi connectivity index (χ4v) is 4.76. The highest BCUT2D eigenvalue weighted by atomic mass is 35.5. The summed E-state index contributed by atoms with van der Waals surface area (Å²) in [7, 11) is 0. The van der Waals surface area contributed by atoms with Gasteiger partial charge in [0.2, 0.25) is 6.41 Å². The van der Waals surface area contributed by atoms with Gasteiger partial charge < -0.3 is 4.90 Å². The molecule has 0 radical (unpaired) electrons. The molecule has 6 rings (SSSR count). The Labute approximate surface area is 205 Å². The number of amides is 1. The van der Waals surface area contributed by atoms with E-state index in [4.69, 9.17) is 11.6 Å². The SMILES string of the molecule is O=CN1CCc2cc(-c3cncc(-c4cc(-c5cc(Cl)ccc5F)nc5ncccc45)c3)ccc21. The Balaban J connectivity index is 1.50. The summed E-state index contributed by atoms with van der Waals surface area (Å²) in [6, 6.07) is 18.2. The number of aromatic nitrogens is 3. The average molecular weight is 481 g/mol. The summed E-state index contributed by atoms with van der Waals surface area (Å²) in [5.74, 6) is -0.405. The maximum absolute atomic E-state index is 14.7. The molecule has 170 valence electrons. The zero-order valence-electron chi connectivity index (χ0n) is 18.5. The number of halogens is 2. The third-order valence-corrected chi connectivity index (χ3v) is 6.54. The molecule has 35 heavy (non-hydrogen) atoms. The Kier molecular flexibility index (Phi) is 5.23. The second-order valence-electron chi connectivity index (χ2n) is 8.41. The molecule has 5 nitrogen and oxygen atoms in total. The number of nitrogens with zero attached hydrogens (tertiary/aromatic N) is 4.